The average molecular weight is 508 g/mol. The van der Waals surface area contributed by atoms with Crippen molar-refractivity contribution in [3.8, 4) is 29.1 Å². The number of hydrogen-bond donors (Lipinski definition) is 0. The van der Waals surface area contributed by atoms with E-state index in [-0.39, 0.29) is 29.4 Å². The topological polar surface area (TPSA) is 83.5 Å². The van der Waals surface area contributed by atoms with Crippen LogP contribution in [0.3, 0.4) is 0 Å². The second-order valence-electron chi connectivity index (χ2n) is 9.30. The quantitative estimate of drug-likeness (QED) is 0.432. The first-order chi connectivity index (χ1) is 17.9. The number of likely N-dealkylation sites (tertiary alicyclic amines) is 1. The Hall–Kier alpha value is -3.86. The van der Waals surface area contributed by atoms with Crippen LogP contribution >= 0.6 is 0 Å². The van der Waals surface area contributed by atoms with Crippen LogP contribution in [0.1, 0.15) is 47.2 Å². The van der Waals surface area contributed by atoms with Crippen molar-refractivity contribution < 1.29 is 33.3 Å². The van der Waals surface area contributed by atoms with Crippen molar-refractivity contribution in [2.45, 2.75) is 44.2 Å². The number of esters is 1. The molecule has 1 aliphatic carbocycles. The maximum atomic E-state index is 13.7. The number of carbonyl (C=O) groups excluding carboxylic acids is 2. The van der Waals surface area contributed by atoms with E-state index in [9.17, 15) is 9.59 Å². The number of nitrogens with zero attached hydrogens (tertiary/aromatic N) is 1. The molecular weight excluding hydrogens is 474 g/mol. The van der Waals surface area contributed by atoms with Gasteiger partial charge in [-0.15, -0.1) is 0 Å². The Morgan fingerprint density at radius 3 is 2.46 bits per heavy atom. The minimum absolute atomic E-state index is 0.131. The maximum absolute atomic E-state index is 13.7. The van der Waals surface area contributed by atoms with Gasteiger partial charge in [-0.25, -0.2) is 9.59 Å². The number of hydrogen-bond acceptors (Lipinski definition) is 7. The molecule has 37 heavy (non-hydrogen) atoms. The third-order valence-corrected chi connectivity index (χ3v) is 7.24. The van der Waals surface area contributed by atoms with Crippen LogP contribution in [0.5, 0.6) is 17.2 Å². The number of carbonyl (C=O) groups is 2. The molecule has 1 saturated heterocycles. The molecule has 3 atom stereocenters. The van der Waals surface area contributed by atoms with Gasteiger partial charge in [0, 0.05) is 24.1 Å². The van der Waals surface area contributed by atoms with Crippen LogP contribution in [0, 0.1) is 24.7 Å². The van der Waals surface area contributed by atoms with E-state index in [4.69, 9.17) is 23.7 Å². The van der Waals surface area contributed by atoms with E-state index in [0.717, 1.165) is 24.0 Å². The fraction of sp³-hybridized carbons (Fsp3) is 0.448. The summed E-state index contributed by atoms with van der Waals surface area (Å²) in [6, 6.07) is 11.0. The summed E-state index contributed by atoms with van der Waals surface area (Å²) in [6.07, 6.45) is 2.38. The Labute approximate surface area is 217 Å². The Morgan fingerprint density at radius 2 is 1.78 bits per heavy atom. The van der Waals surface area contributed by atoms with E-state index < -0.39 is 11.6 Å². The zero-order chi connectivity index (χ0) is 26.6. The highest BCUT2D eigenvalue weighted by Gasteiger charge is 2.54. The number of fused-ring (bicyclic) bond motifs is 1. The Kier molecular flexibility index (Phi) is 7.82. The first-order valence-electron chi connectivity index (χ1n) is 12.3. The molecule has 2 aromatic carbocycles. The van der Waals surface area contributed by atoms with Gasteiger partial charge in [0.1, 0.15) is 5.56 Å². The molecule has 2 aliphatic rings. The minimum atomic E-state index is -1.09. The van der Waals surface area contributed by atoms with Crippen LogP contribution in [0.2, 0.25) is 0 Å². The van der Waals surface area contributed by atoms with E-state index in [0.29, 0.717) is 30.9 Å². The van der Waals surface area contributed by atoms with Gasteiger partial charge in [-0.05, 0) is 68.4 Å². The molecule has 2 fully saturated rings. The Balaban J connectivity index is 1.76. The van der Waals surface area contributed by atoms with Gasteiger partial charge >= 0.3 is 12.1 Å². The predicted molar refractivity (Wildman–Crippen MR) is 137 cm³/mol. The number of aryl methyl sites for hydroxylation is 1. The molecule has 1 amide bonds. The van der Waals surface area contributed by atoms with E-state index in [2.05, 4.69) is 11.8 Å². The van der Waals surface area contributed by atoms with Crippen LogP contribution in [0.25, 0.3) is 0 Å². The summed E-state index contributed by atoms with van der Waals surface area (Å²) in [6.45, 7) is 2.53. The van der Waals surface area contributed by atoms with E-state index in [1.54, 1.807) is 17.0 Å². The molecule has 0 aromatic heterocycles. The highest BCUT2D eigenvalue weighted by Crippen LogP contribution is 2.46. The molecule has 0 unspecified atom stereocenters. The first-order valence-corrected chi connectivity index (χ1v) is 12.3. The summed E-state index contributed by atoms with van der Waals surface area (Å²) in [5.41, 5.74) is 1.04. The maximum Gasteiger partial charge on any atom is 0.409 e. The molecule has 1 aliphatic heterocycles. The standard InChI is InChI=1S/C29H33NO7/c1-19-8-6-9-20(18-19)13-16-29(15-7-10-23-22(29)14-17-30(23)28(32)36-5)37-27(31)21-11-12-24(33-2)26(35-4)25(21)34-3/h6,8-9,11-12,18,22-23H,7,10,14-15,17H2,1-5H3/t22-,23-,29-/m1/s1. The summed E-state index contributed by atoms with van der Waals surface area (Å²) in [7, 11) is 5.84. The molecule has 4 rings (SSSR count). The fourth-order valence-electron chi connectivity index (χ4n) is 5.55. The van der Waals surface area contributed by atoms with E-state index >= 15 is 0 Å². The van der Waals surface area contributed by atoms with Crippen LogP contribution in [0.15, 0.2) is 36.4 Å². The largest absolute Gasteiger partial charge is 0.493 e. The lowest BCUT2D eigenvalue weighted by atomic mass is 9.72. The van der Waals surface area contributed by atoms with Crippen molar-refractivity contribution in [3.63, 3.8) is 0 Å². The summed E-state index contributed by atoms with van der Waals surface area (Å²) >= 11 is 0. The molecule has 0 bridgehead atoms. The number of methoxy groups -OCH3 is 4. The van der Waals surface area contributed by atoms with Crippen LogP contribution in [0.4, 0.5) is 4.79 Å². The molecule has 196 valence electrons. The lowest BCUT2D eigenvalue weighted by Crippen LogP contribution is -2.51. The van der Waals surface area contributed by atoms with Gasteiger partial charge in [0.25, 0.3) is 0 Å². The fourth-order valence-corrected chi connectivity index (χ4v) is 5.55. The SMILES string of the molecule is COC(=O)N1CC[C@@H]2[C@H]1CCC[C@]2(C#Cc1cccc(C)c1)OC(=O)c1ccc(OC)c(OC)c1OC. The van der Waals surface area contributed by atoms with Gasteiger partial charge in [-0.1, -0.05) is 18.1 Å². The second kappa shape index (κ2) is 11.0. The highest BCUT2D eigenvalue weighted by molar-refractivity contribution is 5.94. The highest BCUT2D eigenvalue weighted by atomic mass is 16.6. The third kappa shape index (κ3) is 5.04. The molecule has 0 spiro atoms. The Bertz CT molecular complexity index is 1230. The van der Waals surface area contributed by atoms with Crippen molar-refractivity contribution in [2.24, 2.45) is 5.92 Å². The summed E-state index contributed by atoms with van der Waals surface area (Å²) in [5.74, 6) is 6.84. The second-order valence-corrected chi connectivity index (χ2v) is 9.30. The van der Waals surface area contributed by atoms with Gasteiger partial charge in [0.05, 0.1) is 28.4 Å². The van der Waals surface area contributed by atoms with Crippen LogP contribution in [-0.2, 0) is 9.47 Å². The molecule has 2 aromatic rings. The van der Waals surface area contributed by atoms with Crippen molar-refractivity contribution >= 4 is 12.1 Å². The molecule has 8 nitrogen and oxygen atoms in total. The lowest BCUT2D eigenvalue weighted by molar-refractivity contribution is -0.0447. The van der Waals surface area contributed by atoms with Gasteiger partial charge < -0.3 is 28.6 Å². The third-order valence-electron chi connectivity index (χ3n) is 7.24. The van der Waals surface area contributed by atoms with E-state index in [1.165, 1.54) is 28.4 Å². The zero-order valence-electron chi connectivity index (χ0n) is 22.0. The van der Waals surface area contributed by atoms with Crippen molar-refractivity contribution in [2.75, 3.05) is 35.0 Å². The van der Waals surface area contributed by atoms with E-state index in [1.807, 2.05) is 31.2 Å². The number of amides is 1. The number of benzene rings is 2. The van der Waals surface area contributed by atoms with Gasteiger partial charge in [-0.2, -0.15) is 0 Å². The minimum Gasteiger partial charge on any atom is -0.493 e. The van der Waals surface area contributed by atoms with Crippen molar-refractivity contribution in [1.29, 1.82) is 0 Å². The van der Waals surface area contributed by atoms with Gasteiger partial charge in [-0.3, -0.25) is 0 Å². The molecule has 1 heterocycles. The molecular formula is C29H33NO7. The van der Waals surface area contributed by atoms with Gasteiger partial charge in [0.2, 0.25) is 5.75 Å². The zero-order valence-corrected chi connectivity index (χ0v) is 22.0. The number of rotatable bonds is 5. The van der Waals surface area contributed by atoms with Crippen LogP contribution in [-0.4, -0.2) is 63.6 Å². The summed E-state index contributed by atoms with van der Waals surface area (Å²) in [4.78, 5) is 27.9. The van der Waals surface area contributed by atoms with Gasteiger partial charge in [0.15, 0.2) is 17.1 Å². The molecule has 0 N–H and O–H groups in total. The Morgan fingerprint density at radius 1 is 1.00 bits per heavy atom. The molecule has 0 radical (unpaired) electrons. The number of ether oxygens (including phenoxy) is 5. The first kappa shape index (κ1) is 26.2. The molecule has 1 saturated carbocycles. The lowest BCUT2D eigenvalue weighted by Gasteiger charge is -2.42. The van der Waals surface area contributed by atoms with Crippen LogP contribution < -0.4 is 14.2 Å². The average Bonchev–Trinajstić information content (AvgIpc) is 3.36. The molecule has 8 heteroatoms. The summed E-state index contributed by atoms with van der Waals surface area (Å²) < 4.78 is 27.7. The van der Waals surface area contributed by atoms with Crippen molar-refractivity contribution in [1.82, 2.24) is 4.90 Å². The predicted octanol–water partition coefficient (Wildman–Crippen LogP) is 4.61. The summed E-state index contributed by atoms with van der Waals surface area (Å²) in [5, 5.41) is 0. The van der Waals surface area contributed by atoms with Crippen molar-refractivity contribution in [3.05, 3.63) is 53.1 Å². The monoisotopic (exact) mass is 507 g/mol. The normalized spacial score (nSPS) is 22.2. The smallest absolute Gasteiger partial charge is 0.409 e.